The monoisotopic (exact) mass is 262 g/mol. The van der Waals surface area contributed by atoms with E-state index in [1.54, 1.807) is 0 Å². The van der Waals surface area contributed by atoms with E-state index < -0.39 is 17.6 Å². The van der Waals surface area contributed by atoms with Crippen molar-refractivity contribution in [3.05, 3.63) is 47.4 Å². The average Bonchev–Trinajstić information content (AvgIpc) is 2.29. The summed E-state index contributed by atoms with van der Waals surface area (Å²) in [6, 6.07) is 3.03. The van der Waals surface area contributed by atoms with Crippen LogP contribution < -0.4 is 11.3 Å². The Bertz CT molecular complexity index is 427. The standard InChI is InChI=1S/C12H14F4N2/c1-8(18-17)3-2-4-9-5-6-11(13)10(7-9)12(14,15)16/h5-7,18H,1-4,17H2. The molecular weight excluding hydrogens is 248 g/mol. The predicted molar refractivity (Wildman–Crippen MR) is 60.8 cm³/mol. The zero-order valence-electron chi connectivity index (χ0n) is 9.65. The lowest BCUT2D eigenvalue weighted by molar-refractivity contribution is -0.140. The van der Waals surface area contributed by atoms with Crippen LogP contribution in [-0.4, -0.2) is 0 Å². The van der Waals surface area contributed by atoms with Gasteiger partial charge in [-0.2, -0.15) is 13.2 Å². The van der Waals surface area contributed by atoms with Crippen LogP contribution in [0.2, 0.25) is 0 Å². The summed E-state index contributed by atoms with van der Waals surface area (Å²) in [5.74, 6) is 3.85. The number of hydrogen-bond donors (Lipinski definition) is 2. The quantitative estimate of drug-likeness (QED) is 0.486. The van der Waals surface area contributed by atoms with Crippen molar-refractivity contribution in [1.29, 1.82) is 0 Å². The summed E-state index contributed by atoms with van der Waals surface area (Å²) in [5, 5.41) is 0. The van der Waals surface area contributed by atoms with Crippen LogP contribution in [0.4, 0.5) is 17.6 Å². The molecule has 0 unspecified atom stereocenters. The highest BCUT2D eigenvalue weighted by molar-refractivity contribution is 5.27. The minimum absolute atomic E-state index is 0.407. The van der Waals surface area contributed by atoms with E-state index in [2.05, 4.69) is 12.0 Å². The van der Waals surface area contributed by atoms with Gasteiger partial charge in [0.1, 0.15) is 5.82 Å². The van der Waals surface area contributed by atoms with E-state index in [1.807, 2.05) is 0 Å². The molecule has 0 saturated carbocycles. The second kappa shape index (κ2) is 5.86. The van der Waals surface area contributed by atoms with E-state index in [1.165, 1.54) is 6.07 Å². The Hall–Kier alpha value is -1.56. The number of hydrazine groups is 1. The first kappa shape index (κ1) is 14.5. The Morgan fingerprint density at radius 1 is 1.33 bits per heavy atom. The normalized spacial score (nSPS) is 11.4. The average molecular weight is 262 g/mol. The van der Waals surface area contributed by atoms with Gasteiger partial charge in [-0.25, -0.2) is 4.39 Å². The highest BCUT2D eigenvalue weighted by Crippen LogP contribution is 2.32. The topological polar surface area (TPSA) is 38.0 Å². The molecule has 0 atom stereocenters. The maximum Gasteiger partial charge on any atom is 0.419 e. The second-order valence-corrected chi connectivity index (χ2v) is 3.91. The van der Waals surface area contributed by atoms with E-state index in [0.717, 1.165) is 12.1 Å². The minimum atomic E-state index is -4.66. The Balaban J connectivity index is 2.71. The van der Waals surface area contributed by atoms with Crippen molar-refractivity contribution >= 4 is 0 Å². The number of aryl methyl sites for hydroxylation is 1. The van der Waals surface area contributed by atoms with Crippen LogP contribution in [0.15, 0.2) is 30.5 Å². The van der Waals surface area contributed by atoms with Crippen molar-refractivity contribution in [3.63, 3.8) is 0 Å². The number of hydrogen-bond acceptors (Lipinski definition) is 2. The zero-order chi connectivity index (χ0) is 13.8. The van der Waals surface area contributed by atoms with Crippen LogP contribution in [0.1, 0.15) is 24.0 Å². The number of benzene rings is 1. The number of nitrogens with two attached hydrogens (primary N) is 1. The largest absolute Gasteiger partial charge is 0.419 e. The molecule has 1 rings (SSSR count). The molecule has 0 spiro atoms. The molecule has 0 radical (unpaired) electrons. The van der Waals surface area contributed by atoms with Crippen molar-refractivity contribution in [2.75, 3.05) is 0 Å². The molecule has 3 N–H and O–H groups in total. The van der Waals surface area contributed by atoms with Crippen LogP contribution in [0.3, 0.4) is 0 Å². The van der Waals surface area contributed by atoms with E-state index in [0.29, 0.717) is 30.5 Å². The molecule has 0 saturated heterocycles. The molecule has 0 fully saturated rings. The van der Waals surface area contributed by atoms with Crippen molar-refractivity contribution < 1.29 is 17.6 Å². The van der Waals surface area contributed by atoms with Gasteiger partial charge >= 0.3 is 6.18 Å². The van der Waals surface area contributed by atoms with Crippen molar-refractivity contribution in [3.8, 4) is 0 Å². The van der Waals surface area contributed by atoms with Gasteiger partial charge in [-0.1, -0.05) is 12.6 Å². The van der Waals surface area contributed by atoms with Crippen LogP contribution in [0, 0.1) is 5.82 Å². The molecule has 0 aromatic heterocycles. The highest BCUT2D eigenvalue weighted by Gasteiger charge is 2.34. The van der Waals surface area contributed by atoms with Gasteiger partial charge < -0.3 is 5.43 Å². The summed E-state index contributed by atoms with van der Waals surface area (Å²) < 4.78 is 50.4. The SMILES string of the molecule is C=C(CCCc1ccc(F)c(C(F)(F)F)c1)NN. The third-order valence-electron chi connectivity index (χ3n) is 2.48. The summed E-state index contributed by atoms with van der Waals surface area (Å²) in [5.41, 5.74) is 2.18. The maximum absolute atomic E-state index is 13.0. The van der Waals surface area contributed by atoms with Gasteiger partial charge in [0.15, 0.2) is 0 Å². The molecule has 0 aliphatic heterocycles. The molecule has 0 bridgehead atoms. The Morgan fingerprint density at radius 2 is 2.00 bits per heavy atom. The third-order valence-corrected chi connectivity index (χ3v) is 2.48. The fourth-order valence-electron chi connectivity index (χ4n) is 1.52. The molecule has 18 heavy (non-hydrogen) atoms. The van der Waals surface area contributed by atoms with Crippen molar-refractivity contribution in [2.24, 2.45) is 5.84 Å². The number of allylic oxidation sites excluding steroid dienone is 1. The molecule has 1 aromatic rings. The van der Waals surface area contributed by atoms with Gasteiger partial charge in [0.2, 0.25) is 0 Å². The Labute approximate surface area is 102 Å². The molecule has 1 aromatic carbocycles. The lowest BCUT2D eigenvalue weighted by atomic mass is 10.0. The van der Waals surface area contributed by atoms with Crippen LogP contribution in [-0.2, 0) is 12.6 Å². The van der Waals surface area contributed by atoms with E-state index >= 15 is 0 Å². The molecule has 6 heteroatoms. The van der Waals surface area contributed by atoms with E-state index in [4.69, 9.17) is 5.84 Å². The van der Waals surface area contributed by atoms with Crippen LogP contribution in [0.5, 0.6) is 0 Å². The molecular formula is C12H14F4N2. The van der Waals surface area contributed by atoms with Crippen molar-refractivity contribution in [1.82, 2.24) is 5.43 Å². The van der Waals surface area contributed by atoms with Crippen molar-refractivity contribution in [2.45, 2.75) is 25.4 Å². The first-order chi connectivity index (χ1) is 8.34. The van der Waals surface area contributed by atoms with E-state index in [9.17, 15) is 17.6 Å². The first-order valence-electron chi connectivity index (χ1n) is 5.34. The molecule has 0 aliphatic carbocycles. The molecule has 2 nitrogen and oxygen atoms in total. The number of alkyl halides is 3. The fraction of sp³-hybridized carbons (Fsp3) is 0.333. The molecule has 0 amide bonds. The molecule has 0 heterocycles. The van der Waals surface area contributed by atoms with Gasteiger partial charge in [-0.05, 0) is 37.0 Å². The summed E-state index contributed by atoms with van der Waals surface area (Å²) >= 11 is 0. The summed E-state index contributed by atoms with van der Waals surface area (Å²) in [6.45, 7) is 3.60. The van der Waals surface area contributed by atoms with E-state index in [-0.39, 0.29) is 0 Å². The molecule has 0 aliphatic rings. The van der Waals surface area contributed by atoms with Gasteiger partial charge in [-0.3, -0.25) is 5.84 Å². The fourth-order valence-corrected chi connectivity index (χ4v) is 1.52. The summed E-state index contributed by atoms with van der Waals surface area (Å²) in [4.78, 5) is 0. The highest BCUT2D eigenvalue weighted by atomic mass is 19.4. The summed E-state index contributed by atoms with van der Waals surface area (Å²) in [7, 11) is 0. The molecule has 100 valence electrons. The first-order valence-corrected chi connectivity index (χ1v) is 5.34. The van der Waals surface area contributed by atoms with Crippen LogP contribution >= 0.6 is 0 Å². The van der Waals surface area contributed by atoms with Gasteiger partial charge in [0.05, 0.1) is 5.56 Å². The minimum Gasteiger partial charge on any atom is -0.329 e. The van der Waals surface area contributed by atoms with Crippen LogP contribution in [0.25, 0.3) is 0 Å². The zero-order valence-corrected chi connectivity index (χ0v) is 9.65. The lowest BCUT2D eigenvalue weighted by Crippen LogP contribution is -2.20. The number of rotatable bonds is 5. The predicted octanol–water partition coefficient (Wildman–Crippen LogP) is 3.14. The smallest absolute Gasteiger partial charge is 0.329 e. The van der Waals surface area contributed by atoms with Gasteiger partial charge in [-0.15, -0.1) is 0 Å². The third kappa shape index (κ3) is 4.03. The Kier molecular flexibility index (Phi) is 4.72. The van der Waals surface area contributed by atoms with Gasteiger partial charge in [0, 0.05) is 5.70 Å². The maximum atomic E-state index is 13.0. The van der Waals surface area contributed by atoms with Gasteiger partial charge in [0.25, 0.3) is 0 Å². The lowest BCUT2D eigenvalue weighted by Gasteiger charge is -2.10. The number of halogens is 4. The number of nitrogens with one attached hydrogen (secondary N) is 1. The summed E-state index contributed by atoms with van der Waals surface area (Å²) in [6.07, 6.45) is -3.12. The Morgan fingerprint density at radius 3 is 2.56 bits per heavy atom. The second-order valence-electron chi connectivity index (χ2n) is 3.91.